The van der Waals surface area contributed by atoms with Crippen molar-refractivity contribution in [3.05, 3.63) is 12.7 Å². The second-order valence-electron chi connectivity index (χ2n) is 42.9. The Morgan fingerprint density at radius 2 is 0.695 bits per heavy atom. The number of unbranched alkanes of at least 4 members (excludes halogenated alkanes) is 1. The molecule has 0 aliphatic carbocycles. The summed E-state index contributed by atoms with van der Waals surface area (Å²) in [7, 11) is 5.63. The number of hydrogen-bond donors (Lipinski definition) is 10. The van der Waals surface area contributed by atoms with Crippen LogP contribution in [-0.4, -0.2) is 180 Å². The van der Waals surface area contributed by atoms with E-state index in [1.807, 2.05) is 88.0 Å². The van der Waals surface area contributed by atoms with E-state index in [9.17, 15) is 56.3 Å². The Kier molecular flexibility index (Phi) is 78.2. The molecule has 0 rings (SSSR count). The van der Waals surface area contributed by atoms with Crippen molar-refractivity contribution < 1.29 is 66.2 Å². The van der Waals surface area contributed by atoms with E-state index in [1.165, 1.54) is 0 Å². The normalized spacial score (nSPS) is 12.0. The maximum atomic E-state index is 11.7. The Balaban J connectivity index is -0.000000162. The minimum atomic E-state index is -4.32. The SMILES string of the molecule is C=CCNC(=O)CCC(C)(C)C.CC(C)(C)CCC(=O)NC(C)(C)C.CC(C)(C)CCC(=O)NCC(F)(F)F.CC(C)C(CO)NC(=O)CCC(C)(C)C.CCCCNC(=O)CCC(C)(C)C.CCNC(=O)CCC(C)(C)C.CN(C)CCNC(=O)CCC(C)(C)C.COCCNC(=O)CCC(C)(C)C.CSCCNC(=O)CCC(C)(C)C. The standard InChI is InChI=1S/C12H25NO2.C11H24N2O.2C11H23NO.C10H21NO2.C10H21NOS.C10H19NO.C9H16F3NO.C9H19NO/c1-9(2)10(8-14)13-11(15)6-7-12(3,4)5;1-11(2,3)7-6-10(14)12-8-9-13(4)5;1-10(2,3)8-7-9(13)12-11(4,5)6;1-5-6-9-12-10(13)7-8-11(2,3)4;2*1-10(2,3)6-5-9(12)11-7-8-13-4;1-5-8-11-9(12)6-7-10(2,3)4;1-8(2,3)5-4-7(14)13-6-9(10,11)12;1-5-10-8(11)6-7-9(2,3)4/h9-10,14H,6-8H2,1-5H3,(H,13,15);6-9H2,1-5H3,(H,12,14);7-8H2,1-6H3,(H,12,13);5-9H2,1-4H3,(H,12,13);2*5-8H2,1-4H3,(H,11,12);5H,1,6-8H2,2-4H3,(H,11,12);4-6H2,1-3H3,(H,13,14);5-7H2,1-4H3,(H,10,11). The number of aliphatic hydroxyl groups excluding tert-OH is 1. The Morgan fingerprint density at radius 1 is 0.415 bits per heavy atom. The molecule has 1 atom stereocenters. The molecule has 0 spiro atoms. The van der Waals surface area contributed by atoms with Gasteiger partial charge < -0.3 is 62.6 Å². The van der Waals surface area contributed by atoms with Crippen LogP contribution in [0, 0.1) is 54.7 Å². The van der Waals surface area contributed by atoms with Gasteiger partial charge in [0, 0.05) is 122 Å². The minimum Gasteiger partial charge on any atom is -0.394 e. The second-order valence-corrected chi connectivity index (χ2v) is 43.9. The van der Waals surface area contributed by atoms with Crippen molar-refractivity contribution in [3.8, 4) is 0 Å². The second kappa shape index (κ2) is 70.4. The molecule has 0 aromatic rings. The van der Waals surface area contributed by atoms with Crippen LogP contribution in [0.5, 0.6) is 0 Å². The van der Waals surface area contributed by atoms with E-state index in [4.69, 9.17) is 9.84 Å². The van der Waals surface area contributed by atoms with Crippen LogP contribution in [0.4, 0.5) is 13.2 Å². The van der Waals surface area contributed by atoms with Crippen molar-refractivity contribution in [2.24, 2.45) is 54.7 Å². The fourth-order valence-corrected chi connectivity index (χ4v) is 8.50. The van der Waals surface area contributed by atoms with Crippen molar-refractivity contribution in [3.63, 3.8) is 0 Å². The van der Waals surface area contributed by atoms with Gasteiger partial charge in [-0.2, -0.15) is 24.9 Å². The molecule has 10 N–H and O–H groups in total. The first-order chi connectivity index (χ1) is 53.0. The largest absolute Gasteiger partial charge is 0.405 e. The zero-order chi connectivity index (χ0) is 94.8. The molecule has 0 aliphatic heterocycles. The number of likely N-dealkylation sites (N-methyl/N-ethyl adjacent to an activating group) is 1. The molecule has 0 aromatic heterocycles. The van der Waals surface area contributed by atoms with Crippen LogP contribution in [0.2, 0.25) is 0 Å². The molecule has 21 nitrogen and oxygen atoms in total. The highest BCUT2D eigenvalue weighted by molar-refractivity contribution is 7.98. The number of carbonyl (C=O) groups is 9. The highest BCUT2D eigenvalue weighted by Crippen LogP contribution is 2.26. The van der Waals surface area contributed by atoms with E-state index in [2.05, 4.69) is 227 Å². The van der Waals surface area contributed by atoms with Crippen LogP contribution >= 0.6 is 11.8 Å². The summed E-state index contributed by atoms with van der Waals surface area (Å²) in [4.78, 5) is 103. The summed E-state index contributed by atoms with van der Waals surface area (Å²) in [5.41, 5.74) is 1.82. The van der Waals surface area contributed by atoms with Crippen molar-refractivity contribution in [2.75, 3.05) is 98.8 Å². The predicted molar refractivity (Wildman–Crippen MR) is 497 cm³/mol. The average Bonchev–Trinajstić information content (AvgIpc) is 0.938. The Labute approximate surface area is 727 Å². The van der Waals surface area contributed by atoms with Crippen LogP contribution in [0.1, 0.15) is 364 Å². The third-order valence-corrected chi connectivity index (χ3v) is 16.7. The van der Waals surface area contributed by atoms with Gasteiger partial charge in [0.25, 0.3) is 0 Å². The van der Waals surface area contributed by atoms with Crippen LogP contribution in [0.25, 0.3) is 0 Å². The number of amides is 9. The number of rotatable bonds is 37. The van der Waals surface area contributed by atoms with E-state index < -0.39 is 18.6 Å². The number of nitrogens with zero attached hydrogens (tertiary/aromatic N) is 1. The molecule has 0 fully saturated rings. The zero-order valence-electron chi connectivity index (χ0n) is 83.4. The molecule has 0 aromatic carbocycles. The molecular formula is C93H191F3N10O11S. The molecule has 0 saturated heterocycles. The lowest BCUT2D eigenvalue weighted by molar-refractivity contribution is -0.138. The van der Waals surface area contributed by atoms with Crippen LogP contribution in [0.3, 0.4) is 0 Å². The van der Waals surface area contributed by atoms with E-state index in [-0.39, 0.29) is 127 Å². The van der Waals surface area contributed by atoms with Crippen LogP contribution in [0.15, 0.2) is 12.7 Å². The summed E-state index contributed by atoms with van der Waals surface area (Å²) in [6.45, 7) is 79.4. The molecule has 118 heavy (non-hydrogen) atoms. The average molecular weight is 1710 g/mol. The first-order valence-corrected chi connectivity index (χ1v) is 44.8. The van der Waals surface area contributed by atoms with Gasteiger partial charge in [-0.1, -0.05) is 220 Å². The first-order valence-electron chi connectivity index (χ1n) is 43.4. The summed E-state index contributed by atoms with van der Waals surface area (Å²) >= 11 is 1.75. The molecule has 706 valence electrons. The summed E-state index contributed by atoms with van der Waals surface area (Å²) in [5, 5.41) is 33.7. The monoisotopic (exact) mass is 1710 g/mol. The van der Waals surface area contributed by atoms with Gasteiger partial charge in [-0.05, 0) is 167 Å². The molecule has 1 unspecified atom stereocenters. The topological polar surface area (TPSA) is 295 Å². The fraction of sp³-hybridized carbons (Fsp3) is 0.882. The molecule has 0 radical (unpaired) electrons. The highest BCUT2D eigenvalue weighted by atomic mass is 32.2. The summed E-state index contributed by atoms with van der Waals surface area (Å²) in [6.07, 6.45) is 14.8. The van der Waals surface area contributed by atoms with E-state index in [1.54, 1.807) is 24.9 Å². The number of nitrogens with one attached hydrogen (secondary N) is 9. The van der Waals surface area contributed by atoms with Crippen molar-refractivity contribution in [1.82, 2.24) is 52.8 Å². The van der Waals surface area contributed by atoms with E-state index in [0.29, 0.717) is 77.5 Å². The number of hydrogen-bond acceptors (Lipinski definition) is 13. The lowest BCUT2D eigenvalue weighted by atomic mass is 9.90. The van der Waals surface area contributed by atoms with Gasteiger partial charge in [-0.25, -0.2) is 0 Å². The lowest BCUT2D eigenvalue weighted by Gasteiger charge is -2.22. The molecular weight excluding hydrogens is 1520 g/mol. The number of alkyl halides is 3. The number of halogens is 3. The minimum absolute atomic E-state index is 0.0128. The molecule has 0 heterocycles. The summed E-state index contributed by atoms with van der Waals surface area (Å²) in [6, 6.07) is -0.113. The van der Waals surface area contributed by atoms with Gasteiger partial charge in [-0.15, -0.1) is 6.58 Å². The molecule has 25 heteroatoms. The van der Waals surface area contributed by atoms with Crippen LogP contribution < -0.4 is 47.9 Å². The molecule has 9 amide bonds. The molecule has 0 bridgehead atoms. The summed E-state index contributed by atoms with van der Waals surface area (Å²) in [5.74, 6) is 1.88. The van der Waals surface area contributed by atoms with Gasteiger partial charge in [0.15, 0.2) is 0 Å². The number of aliphatic hydroxyl groups is 1. The smallest absolute Gasteiger partial charge is 0.394 e. The van der Waals surface area contributed by atoms with Crippen LogP contribution in [-0.2, 0) is 47.9 Å². The van der Waals surface area contributed by atoms with Crippen molar-refractivity contribution in [1.29, 1.82) is 0 Å². The number of ether oxygens (including phenoxy) is 1. The Hall–Kier alpha value is -5.01. The van der Waals surface area contributed by atoms with Crippen molar-refractivity contribution >= 4 is 64.9 Å². The quantitative estimate of drug-likeness (QED) is 0.0205. The number of methoxy groups -OCH3 is 1. The molecule has 0 saturated carbocycles. The van der Waals surface area contributed by atoms with Gasteiger partial charge in [0.1, 0.15) is 6.54 Å². The van der Waals surface area contributed by atoms with Gasteiger partial charge >= 0.3 is 6.18 Å². The lowest BCUT2D eigenvalue weighted by Crippen LogP contribution is -2.41. The third-order valence-electron chi connectivity index (χ3n) is 16.1. The number of carbonyl (C=O) groups excluding carboxylic acids is 9. The Bertz CT molecular complexity index is 2470. The van der Waals surface area contributed by atoms with Gasteiger partial charge in [-0.3, -0.25) is 43.2 Å². The highest BCUT2D eigenvalue weighted by Gasteiger charge is 2.28. The van der Waals surface area contributed by atoms with Gasteiger partial charge in [0.05, 0.1) is 19.3 Å². The maximum absolute atomic E-state index is 11.7. The third kappa shape index (κ3) is 140. The Morgan fingerprint density at radius 3 is 0.949 bits per heavy atom. The van der Waals surface area contributed by atoms with Crippen molar-refractivity contribution in [2.45, 2.75) is 382 Å². The fourth-order valence-electron chi connectivity index (χ4n) is 8.19. The predicted octanol–water partition coefficient (Wildman–Crippen LogP) is 19.3. The van der Waals surface area contributed by atoms with Gasteiger partial charge in [0.2, 0.25) is 53.2 Å². The molecule has 0 aliphatic rings. The zero-order valence-corrected chi connectivity index (χ0v) is 84.2. The van der Waals surface area contributed by atoms with E-state index in [0.717, 1.165) is 103 Å². The first kappa shape index (κ1) is 131. The maximum Gasteiger partial charge on any atom is 0.405 e. The number of thioether (sulfide) groups is 1. The summed E-state index contributed by atoms with van der Waals surface area (Å²) < 4.78 is 39.8. The van der Waals surface area contributed by atoms with E-state index >= 15 is 0 Å².